The van der Waals surface area contributed by atoms with Crippen molar-refractivity contribution in [2.75, 3.05) is 13.1 Å². The highest BCUT2D eigenvalue weighted by molar-refractivity contribution is 5.78. The van der Waals surface area contributed by atoms with Crippen LogP contribution in [-0.4, -0.2) is 23.9 Å². The Morgan fingerprint density at radius 1 is 1.28 bits per heavy atom. The Kier molecular flexibility index (Phi) is 4.40. The van der Waals surface area contributed by atoms with Crippen molar-refractivity contribution in [3.8, 4) is 0 Å². The number of hydrogen-bond acceptors (Lipinski definition) is 1. The SMILES string of the molecule is CCCN(CC1CC1)C(=O)Cc1ccc(C)cc1. The van der Waals surface area contributed by atoms with Crippen molar-refractivity contribution >= 4 is 5.91 Å². The number of carbonyl (C=O) groups is 1. The maximum Gasteiger partial charge on any atom is 0.226 e. The molecule has 0 heterocycles. The fraction of sp³-hybridized carbons (Fsp3) is 0.562. The van der Waals surface area contributed by atoms with Gasteiger partial charge in [0, 0.05) is 13.1 Å². The number of aryl methyl sites for hydroxylation is 1. The molecule has 1 aromatic rings. The Bertz CT molecular complexity index is 392. The van der Waals surface area contributed by atoms with E-state index in [9.17, 15) is 4.79 Å². The van der Waals surface area contributed by atoms with Crippen LogP contribution in [0.15, 0.2) is 24.3 Å². The molecule has 2 rings (SSSR count). The summed E-state index contributed by atoms with van der Waals surface area (Å²) in [4.78, 5) is 14.3. The van der Waals surface area contributed by atoms with Gasteiger partial charge < -0.3 is 4.90 Å². The third kappa shape index (κ3) is 3.86. The summed E-state index contributed by atoms with van der Waals surface area (Å²) in [5.41, 5.74) is 2.37. The lowest BCUT2D eigenvalue weighted by Gasteiger charge is -2.22. The van der Waals surface area contributed by atoms with Gasteiger partial charge in [-0.05, 0) is 37.7 Å². The average molecular weight is 245 g/mol. The first-order chi connectivity index (χ1) is 8.69. The number of hydrogen-bond donors (Lipinski definition) is 0. The van der Waals surface area contributed by atoms with Gasteiger partial charge in [-0.3, -0.25) is 4.79 Å². The van der Waals surface area contributed by atoms with Gasteiger partial charge >= 0.3 is 0 Å². The van der Waals surface area contributed by atoms with Crippen LogP contribution >= 0.6 is 0 Å². The lowest BCUT2D eigenvalue weighted by Crippen LogP contribution is -2.34. The molecule has 0 unspecified atom stereocenters. The first kappa shape index (κ1) is 13.1. The zero-order valence-corrected chi connectivity index (χ0v) is 11.5. The molecule has 1 aromatic carbocycles. The molecule has 1 fully saturated rings. The predicted molar refractivity (Wildman–Crippen MR) is 74.5 cm³/mol. The molecule has 1 amide bonds. The van der Waals surface area contributed by atoms with E-state index in [1.165, 1.54) is 18.4 Å². The quantitative estimate of drug-likeness (QED) is 0.753. The molecular weight excluding hydrogens is 222 g/mol. The Labute approximate surface area is 110 Å². The van der Waals surface area contributed by atoms with Gasteiger partial charge in [-0.25, -0.2) is 0 Å². The zero-order valence-electron chi connectivity index (χ0n) is 11.5. The average Bonchev–Trinajstić information content (AvgIpc) is 3.15. The van der Waals surface area contributed by atoms with Crippen molar-refractivity contribution in [2.24, 2.45) is 5.92 Å². The van der Waals surface area contributed by atoms with Crippen LogP contribution in [0.25, 0.3) is 0 Å². The second-order valence-corrected chi connectivity index (χ2v) is 5.45. The normalized spacial score (nSPS) is 14.6. The first-order valence-corrected chi connectivity index (χ1v) is 7.02. The van der Waals surface area contributed by atoms with E-state index >= 15 is 0 Å². The Hall–Kier alpha value is -1.31. The van der Waals surface area contributed by atoms with E-state index in [0.29, 0.717) is 6.42 Å². The largest absolute Gasteiger partial charge is 0.342 e. The fourth-order valence-electron chi connectivity index (χ4n) is 2.19. The molecule has 2 heteroatoms. The van der Waals surface area contributed by atoms with Gasteiger partial charge in [0.25, 0.3) is 0 Å². The van der Waals surface area contributed by atoms with Crippen LogP contribution in [0.4, 0.5) is 0 Å². The summed E-state index contributed by atoms with van der Waals surface area (Å²) in [6.45, 7) is 6.08. The van der Waals surface area contributed by atoms with Crippen LogP contribution in [0.3, 0.4) is 0 Å². The number of amides is 1. The van der Waals surface area contributed by atoms with E-state index in [-0.39, 0.29) is 5.91 Å². The van der Waals surface area contributed by atoms with Gasteiger partial charge in [-0.2, -0.15) is 0 Å². The topological polar surface area (TPSA) is 20.3 Å². The zero-order chi connectivity index (χ0) is 13.0. The fourth-order valence-corrected chi connectivity index (χ4v) is 2.19. The number of rotatable bonds is 6. The molecule has 0 N–H and O–H groups in total. The van der Waals surface area contributed by atoms with Crippen molar-refractivity contribution in [3.05, 3.63) is 35.4 Å². The van der Waals surface area contributed by atoms with E-state index in [2.05, 4.69) is 43.0 Å². The summed E-state index contributed by atoms with van der Waals surface area (Å²) in [6, 6.07) is 8.28. The highest BCUT2D eigenvalue weighted by Gasteiger charge is 2.26. The molecule has 1 saturated carbocycles. The van der Waals surface area contributed by atoms with E-state index in [0.717, 1.165) is 31.0 Å². The van der Waals surface area contributed by atoms with Crippen LogP contribution in [0.2, 0.25) is 0 Å². The smallest absolute Gasteiger partial charge is 0.226 e. The van der Waals surface area contributed by atoms with Gasteiger partial charge in [0.05, 0.1) is 6.42 Å². The number of benzene rings is 1. The highest BCUT2D eigenvalue weighted by atomic mass is 16.2. The molecule has 0 radical (unpaired) electrons. The summed E-state index contributed by atoms with van der Waals surface area (Å²) < 4.78 is 0. The molecule has 98 valence electrons. The predicted octanol–water partition coefficient (Wildman–Crippen LogP) is 3.19. The maximum atomic E-state index is 12.3. The number of nitrogens with zero attached hydrogens (tertiary/aromatic N) is 1. The highest BCUT2D eigenvalue weighted by Crippen LogP contribution is 2.29. The van der Waals surface area contributed by atoms with Crippen LogP contribution in [0.5, 0.6) is 0 Å². The molecule has 1 aliphatic carbocycles. The molecule has 0 saturated heterocycles. The Balaban J connectivity index is 1.92. The van der Waals surface area contributed by atoms with Crippen LogP contribution in [0.1, 0.15) is 37.3 Å². The van der Waals surface area contributed by atoms with Crippen molar-refractivity contribution in [1.29, 1.82) is 0 Å². The third-order valence-corrected chi connectivity index (χ3v) is 3.50. The van der Waals surface area contributed by atoms with Crippen molar-refractivity contribution < 1.29 is 4.79 Å². The number of carbonyl (C=O) groups excluding carboxylic acids is 1. The summed E-state index contributed by atoms with van der Waals surface area (Å²) in [5.74, 6) is 1.06. The molecule has 0 aromatic heterocycles. The summed E-state index contributed by atoms with van der Waals surface area (Å²) in [5, 5.41) is 0. The van der Waals surface area contributed by atoms with Crippen LogP contribution in [-0.2, 0) is 11.2 Å². The van der Waals surface area contributed by atoms with Crippen molar-refractivity contribution in [2.45, 2.75) is 39.5 Å². The molecular formula is C16H23NO. The molecule has 1 aliphatic rings. The van der Waals surface area contributed by atoms with Gasteiger partial charge in [0.1, 0.15) is 0 Å². The van der Waals surface area contributed by atoms with Gasteiger partial charge in [0.2, 0.25) is 5.91 Å². The molecule has 0 atom stereocenters. The third-order valence-electron chi connectivity index (χ3n) is 3.50. The Morgan fingerprint density at radius 3 is 2.50 bits per heavy atom. The van der Waals surface area contributed by atoms with E-state index in [1.54, 1.807) is 0 Å². The van der Waals surface area contributed by atoms with Gasteiger partial charge in [0.15, 0.2) is 0 Å². The van der Waals surface area contributed by atoms with E-state index in [4.69, 9.17) is 0 Å². The minimum Gasteiger partial charge on any atom is -0.342 e. The van der Waals surface area contributed by atoms with Crippen LogP contribution in [0, 0.1) is 12.8 Å². The molecule has 2 nitrogen and oxygen atoms in total. The Morgan fingerprint density at radius 2 is 1.94 bits per heavy atom. The maximum absolute atomic E-state index is 12.3. The minimum absolute atomic E-state index is 0.285. The van der Waals surface area contributed by atoms with Crippen molar-refractivity contribution in [3.63, 3.8) is 0 Å². The first-order valence-electron chi connectivity index (χ1n) is 7.02. The van der Waals surface area contributed by atoms with Crippen molar-refractivity contribution in [1.82, 2.24) is 4.90 Å². The van der Waals surface area contributed by atoms with E-state index in [1.807, 2.05) is 0 Å². The summed E-state index contributed by atoms with van der Waals surface area (Å²) in [7, 11) is 0. The monoisotopic (exact) mass is 245 g/mol. The van der Waals surface area contributed by atoms with E-state index < -0.39 is 0 Å². The molecule has 0 spiro atoms. The van der Waals surface area contributed by atoms with Crippen LogP contribution < -0.4 is 0 Å². The molecule has 0 aliphatic heterocycles. The summed E-state index contributed by atoms with van der Waals surface area (Å²) >= 11 is 0. The van der Waals surface area contributed by atoms with Gasteiger partial charge in [-0.15, -0.1) is 0 Å². The minimum atomic E-state index is 0.285. The van der Waals surface area contributed by atoms with Gasteiger partial charge in [-0.1, -0.05) is 36.8 Å². The second-order valence-electron chi connectivity index (χ2n) is 5.45. The lowest BCUT2D eigenvalue weighted by molar-refractivity contribution is -0.130. The lowest BCUT2D eigenvalue weighted by atomic mass is 10.1. The molecule has 0 bridgehead atoms. The second kappa shape index (κ2) is 6.03. The standard InChI is InChI=1S/C16H23NO/c1-3-10-17(12-15-8-9-15)16(18)11-14-6-4-13(2)5-7-14/h4-7,15H,3,8-12H2,1-2H3. The summed E-state index contributed by atoms with van der Waals surface area (Å²) in [6.07, 6.45) is 4.20. The molecule has 18 heavy (non-hydrogen) atoms.